The second kappa shape index (κ2) is 9.48. The molecule has 4 nitrogen and oxygen atoms in total. The molecule has 32 heavy (non-hydrogen) atoms. The zero-order valence-corrected chi connectivity index (χ0v) is 17.8. The third-order valence-corrected chi connectivity index (χ3v) is 6.30. The van der Waals surface area contributed by atoms with Gasteiger partial charge in [0.1, 0.15) is 5.82 Å². The third kappa shape index (κ3) is 5.41. The molecule has 2 aliphatic heterocycles. The standard InChI is InChI=1S/C24H27F4N3O/c25-21-8-6-18(7-9-21)16-29-10-2-3-19(17-29)23(32)31-13-11-30(12-14-31)22-5-1-4-20(15-22)24(26,27)28/h1,4-9,15,19H,2-3,10-14,16-17H2/t19-/m0/s1. The van der Waals surface area contributed by atoms with Crippen LogP contribution >= 0.6 is 0 Å². The SMILES string of the molecule is O=C([C@H]1CCCN(Cc2ccc(F)cc2)C1)N1CCN(c2cccc(C(F)(F)F)c2)CC1. The van der Waals surface area contributed by atoms with Gasteiger partial charge in [0.2, 0.25) is 5.91 Å². The van der Waals surface area contributed by atoms with E-state index in [1.807, 2.05) is 9.80 Å². The first kappa shape index (κ1) is 22.6. The van der Waals surface area contributed by atoms with Crippen molar-refractivity contribution in [3.05, 3.63) is 65.5 Å². The maximum absolute atomic E-state index is 13.1. The van der Waals surface area contributed by atoms with Crippen LogP contribution < -0.4 is 4.90 Å². The topological polar surface area (TPSA) is 26.8 Å². The van der Waals surface area contributed by atoms with E-state index in [0.29, 0.717) is 45.0 Å². The van der Waals surface area contributed by atoms with E-state index >= 15 is 0 Å². The van der Waals surface area contributed by atoms with Gasteiger partial charge in [0.05, 0.1) is 11.5 Å². The third-order valence-electron chi connectivity index (χ3n) is 6.30. The summed E-state index contributed by atoms with van der Waals surface area (Å²) in [5, 5.41) is 0. The van der Waals surface area contributed by atoms with E-state index in [9.17, 15) is 22.4 Å². The van der Waals surface area contributed by atoms with Gasteiger partial charge in [-0.3, -0.25) is 9.69 Å². The summed E-state index contributed by atoms with van der Waals surface area (Å²) in [6.45, 7) is 4.30. The molecule has 2 aromatic rings. The van der Waals surface area contributed by atoms with Crippen molar-refractivity contribution in [2.75, 3.05) is 44.2 Å². The number of halogens is 4. The van der Waals surface area contributed by atoms with E-state index in [1.165, 1.54) is 24.3 Å². The van der Waals surface area contributed by atoms with Gasteiger partial charge in [-0.05, 0) is 55.3 Å². The van der Waals surface area contributed by atoms with Crippen molar-refractivity contribution < 1.29 is 22.4 Å². The molecule has 1 atom stereocenters. The van der Waals surface area contributed by atoms with Gasteiger partial charge < -0.3 is 9.80 Å². The Morgan fingerprint density at radius 2 is 1.69 bits per heavy atom. The van der Waals surface area contributed by atoms with Crippen molar-refractivity contribution in [3.8, 4) is 0 Å². The van der Waals surface area contributed by atoms with E-state index in [1.54, 1.807) is 18.2 Å². The van der Waals surface area contributed by atoms with E-state index < -0.39 is 11.7 Å². The lowest BCUT2D eigenvalue weighted by molar-refractivity contribution is -0.138. The maximum atomic E-state index is 13.1. The molecule has 0 N–H and O–H groups in total. The van der Waals surface area contributed by atoms with Crippen molar-refractivity contribution in [1.82, 2.24) is 9.80 Å². The number of hydrogen-bond donors (Lipinski definition) is 0. The summed E-state index contributed by atoms with van der Waals surface area (Å²) in [5.74, 6) is -0.216. The number of piperidine rings is 1. The molecule has 0 spiro atoms. The predicted molar refractivity (Wildman–Crippen MR) is 115 cm³/mol. The van der Waals surface area contributed by atoms with Gasteiger partial charge in [-0.15, -0.1) is 0 Å². The molecule has 2 fully saturated rings. The quantitative estimate of drug-likeness (QED) is 0.648. The molecule has 172 valence electrons. The lowest BCUT2D eigenvalue weighted by atomic mass is 9.95. The van der Waals surface area contributed by atoms with Crippen LogP contribution in [0.25, 0.3) is 0 Å². The van der Waals surface area contributed by atoms with Crippen LogP contribution in [0.3, 0.4) is 0 Å². The van der Waals surface area contributed by atoms with Crippen LogP contribution in [0.15, 0.2) is 48.5 Å². The minimum absolute atomic E-state index is 0.0793. The lowest BCUT2D eigenvalue weighted by Gasteiger charge is -2.40. The van der Waals surface area contributed by atoms with E-state index in [2.05, 4.69) is 4.90 Å². The molecule has 0 aromatic heterocycles. The average molecular weight is 449 g/mol. The normalized spacial score (nSPS) is 20.4. The number of hydrogen-bond acceptors (Lipinski definition) is 3. The molecule has 0 unspecified atom stereocenters. The molecule has 0 saturated carbocycles. The highest BCUT2D eigenvalue weighted by Gasteiger charge is 2.33. The van der Waals surface area contributed by atoms with Crippen molar-refractivity contribution in [1.29, 1.82) is 0 Å². The number of carbonyl (C=O) groups is 1. The summed E-state index contributed by atoms with van der Waals surface area (Å²) in [4.78, 5) is 19.1. The van der Waals surface area contributed by atoms with Crippen LogP contribution in [0.5, 0.6) is 0 Å². The summed E-state index contributed by atoms with van der Waals surface area (Å²) in [7, 11) is 0. The Labute approximate surface area is 185 Å². The number of nitrogens with zero attached hydrogens (tertiary/aromatic N) is 3. The molecule has 2 aromatic carbocycles. The summed E-state index contributed by atoms with van der Waals surface area (Å²) in [5.41, 5.74) is 0.904. The molecule has 0 aliphatic carbocycles. The maximum Gasteiger partial charge on any atom is 0.416 e. The smallest absolute Gasteiger partial charge is 0.368 e. The van der Waals surface area contributed by atoms with Crippen molar-refractivity contribution in [2.24, 2.45) is 5.92 Å². The van der Waals surface area contributed by atoms with E-state index in [0.717, 1.165) is 31.0 Å². The Morgan fingerprint density at radius 1 is 0.969 bits per heavy atom. The molecule has 4 rings (SSSR count). The Hall–Kier alpha value is -2.61. The number of benzene rings is 2. The van der Waals surface area contributed by atoms with E-state index in [-0.39, 0.29) is 17.6 Å². The van der Waals surface area contributed by atoms with Gasteiger partial charge in [-0.25, -0.2) is 4.39 Å². The fourth-order valence-electron chi connectivity index (χ4n) is 4.57. The first-order valence-electron chi connectivity index (χ1n) is 11.0. The molecule has 0 radical (unpaired) electrons. The largest absolute Gasteiger partial charge is 0.416 e. The van der Waals surface area contributed by atoms with Crippen molar-refractivity contribution in [3.63, 3.8) is 0 Å². The first-order chi connectivity index (χ1) is 15.3. The van der Waals surface area contributed by atoms with Crippen LogP contribution in [0.4, 0.5) is 23.2 Å². The van der Waals surface area contributed by atoms with Gasteiger partial charge in [0, 0.05) is 45.0 Å². The van der Waals surface area contributed by atoms with Crippen LogP contribution in [0.1, 0.15) is 24.0 Å². The molecular formula is C24H27F4N3O. The van der Waals surface area contributed by atoms with E-state index in [4.69, 9.17) is 0 Å². The van der Waals surface area contributed by atoms with Gasteiger partial charge in [-0.2, -0.15) is 13.2 Å². The highest BCUT2D eigenvalue weighted by molar-refractivity contribution is 5.79. The lowest BCUT2D eigenvalue weighted by Crippen LogP contribution is -2.52. The molecule has 2 heterocycles. The van der Waals surface area contributed by atoms with Crippen LogP contribution in [0, 0.1) is 11.7 Å². The number of alkyl halides is 3. The molecular weight excluding hydrogens is 422 g/mol. The fraction of sp³-hybridized carbons (Fsp3) is 0.458. The number of piperazine rings is 1. The summed E-state index contributed by atoms with van der Waals surface area (Å²) >= 11 is 0. The van der Waals surface area contributed by atoms with Crippen LogP contribution in [-0.4, -0.2) is 55.0 Å². The number of anilines is 1. The highest BCUT2D eigenvalue weighted by Crippen LogP contribution is 2.32. The molecule has 8 heteroatoms. The van der Waals surface area contributed by atoms with Gasteiger partial charge in [0.15, 0.2) is 0 Å². The molecule has 2 aliphatic rings. The summed E-state index contributed by atoms with van der Waals surface area (Å²) < 4.78 is 52.1. The Balaban J connectivity index is 1.31. The minimum atomic E-state index is -4.37. The average Bonchev–Trinajstić information content (AvgIpc) is 2.80. The summed E-state index contributed by atoms with van der Waals surface area (Å²) in [6, 6.07) is 11.8. The molecule has 2 saturated heterocycles. The second-order valence-electron chi connectivity index (χ2n) is 8.56. The zero-order valence-electron chi connectivity index (χ0n) is 17.8. The number of likely N-dealkylation sites (tertiary alicyclic amines) is 1. The molecule has 0 bridgehead atoms. The van der Waals surface area contributed by atoms with Crippen molar-refractivity contribution >= 4 is 11.6 Å². The van der Waals surface area contributed by atoms with Crippen molar-refractivity contribution in [2.45, 2.75) is 25.6 Å². The fourth-order valence-corrected chi connectivity index (χ4v) is 4.57. The van der Waals surface area contributed by atoms with Crippen LogP contribution in [0.2, 0.25) is 0 Å². The Kier molecular flexibility index (Phi) is 6.69. The first-order valence-corrected chi connectivity index (χ1v) is 11.0. The number of amides is 1. The minimum Gasteiger partial charge on any atom is -0.368 e. The van der Waals surface area contributed by atoms with Gasteiger partial charge in [-0.1, -0.05) is 18.2 Å². The van der Waals surface area contributed by atoms with Crippen LogP contribution in [-0.2, 0) is 17.5 Å². The zero-order chi connectivity index (χ0) is 22.7. The predicted octanol–water partition coefficient (Wildman–Crippen LogP) is 4.41. The summed E-state index contributed by atoms with van der Waals surface area (Å²) in [6.07, 6.45) is -2.59. The Morgan fingerprint density at radius 3 is 2.38 bits per heavy atom. The molecule has 1 amide bonds. The monoisotopic (exact) mass is 449 g/mol. The van der Waals surface area contributed by atoms with Gasteiger partial charge >= 0.3 is 6.18 Å². The highest BCUT2D eigenvalue weighted by atomic mass is 19.4. The number of carbonyl (C=O) groups excluding carboxylic acids is 1. The second-order valence-corrected chi connectivity index (χ2v) is 8.56. The van der Waals surface area contributed by atoms with Gasteiger partial charge in [0.25, 0.3) is 0 Å². The number of rotatable bonds is 4. The Bertz CT molecular complexity index is 924.